The van der Waals surface area contributed by atoms with Gasteiger partial charge in [-0.2, -0.15) is 0 Å². The lowest BCUT2D eigenvalue weighted by Crippen LogP contribution is -2.34. The van der Waals surface area contributed by atoms with Crippen LogP contribution in [-0.2, 0) is 6.42 Å². The third kappa shape index (κ3) is 3.09. The van der Waals surface area contributed by atoms with Crippen molar-refractivity contribution in [2.75, 3.05) is 0 Å². The second-order valence-electron chi connectivity index (χ2n) is 5.39. The van der Waals surface area contributed by atoms with Crippen molar-refractivity contribution in [2.45, 2.75) is 19.4 Å². The number of aromatic nitrogens is 2. The topological polar surface area (TPSA) is 83.8 Å². The average Bonchev–Trinajstić information content (AvgIpc) is 2.92. The minimum absolute atomic E-state index is 0.285. The summed E-state index contributed by atoms with van der Waals surface area (Å²) in [5, 5.41) is 2.77. The molecule has 0 aliphatic rings. The molecule has 0 saturated heterocycles. The molecule has 2 amide bonds. The molecule has 0 radical (unpaired) electrons. The standard InChI is InChI=1S/C17H18N4O/c1-11-6-8-12(9-7-11)10-15(21-17(18)22)16-19-13-4-2-3-5-14(13)20-16/h2-9,15H,10H2,1H3,(H,19,20)(H3,18,21,22). The van der Waals surface area contributed by atoms with E-state index in [-0.39, 0.29) is 6.04 Å². The second-order valence-corrected chi connectivity index (χ2v) is 5.39. The van der Waals surface area contributed by atoms with E-state index in [2.05, 4.69) is 27.4 Å². The summed E-state index contributed by atoms with van der Waals surface area (Å²) < 4.78 is 0. The molecule has 2 aromatic carbocycles. The van der Waals surface area contributed by atoms with Gasteiger partial charge in [0.05, 0.1) is 17.1 Å². The van der Waals surface area contributed by atoms with Gasteiger partial charge in [-0.3, -0.25) is 0 Å². The molecule has 1 unspecified atom stereocenters. The Morgan fingerprint density at radius 2 is 1.95 bits per heavy atom. The Morgan fingerprint density at radius 3 is 2.64 bits per heavy atom. The van der Waals surface area contributed by atoms with Gasteiger partial charge in [0.2, 0.25) is 0 Å². The van der Waals surface area contributed by atoms with Crippen LogP contribution < -0.4 is 11.1 Å². The van der Waals surface area contributed by atoms with Crippen LogP contribution in [-0.4, -0.2) is 16.0 Å². The van der Waals surface area contributed by atoms with Crippen molar-refractivity contribution in [2.24, 2.45) is 5.73 Å². The van der Waals surface area contributed by atoms with Gasteiger partial charge in [0, 0.05) is 0 Å². The summed E-state index contributed by atoms with van der Waals surface area (Å²) >= 11 is 0. The Morgan fingerprint density at radius 1 is 1.23 bits per heavy atom. The van der Waals surface area contributed by atoms with Gasteiger partial charge in [0.1, 0.15) is 5.82 Å². The molecule has 3 rings (SSSR count). The lowest BCUT2D eigenvalue weighted by molar-refractivity contribution is 0.244. The number of benzene rings is 2. The van der Waals surface area contributed by atoms with Gasteiger partial charge in [0.25, 0.3) is 0 Å². The molecule has 22 heavy (non-hydrogen) atoms. The fraction of sp³-hybridized carbons (Fsp3) is 0.176. The highest BCUT2D eigenvalue weighted by atomic mass is 16.2. The van der Waals surface area contributed by atoms with E-state index in [1.54, 1.807) is 0 Å². The monoisotopic (exact) mass is 294 g/mol. The zero-order valence-corrected chi connectivity index (χ0v) is 12.3. The van der Waals surface area contributed by atoms with E-state index in [4.69, 9.17) is 5.73 Å². The fourth-order valence-electron chi connectivity index (χ4n) is 2.49. The molecule has 0 fully saturated rings. The Hall–Kier alpha value is -2.82. The summed E-state index contributed by atoms with van der Waals surface area (Å²) in [4.78, 5) is 19.1. The molecule has 5 heteroatoms. The van der Waals surface area contributed by atoms with Crippen molar-refractivity contribution in [1.29, 1.82) is 0 Å². The number of nitrogens with two attached hydrogens (primary N) is 1. The zero-order valence-electron chi connectivity index (χ0n) is 12.3. The van der Waals surface area contributed by atoms with Gasteiger partial charge in [-0.05, 0) is 31.0 Å². The van der Waals surface area contributed by atoms with Gasteiger partial charge < -0.3 is 16.0 Å². The Kier molecular flexibility index (Phi) is 3.78. The molecule has 3 aromatic rings. The van der Waals surface area contributed by atoms with Crippen molar-refractivity contribution in [3.63, 3.8) is 0 Å². The van der Waals surface area contributed by atoms with Crippen LogP contribution in [0.3, 0.4) is 0 Å². The Labute approximate surface area is 128 Å². The van der Waals surface area contributed by atoms with Crippen molar-refractivity contribution in [1.82, 2.24) is 15.3 Å². The number of nitrogens with one attached hydrogen (secondary N) is 2. The molecule has 0 aliphatic heterocycles. The van der Waals surface area contributed by atoms with E-state index in [1.165, 1.54) is 5.56 Å². The highest BCUT2D eigenvalue weighted by Gasteiger charge is 2.17. The van der Waals surface area contributed by atoms with Crippen LogP contribution in [0.5, 0.6) is 0 Å². The molecule has 0 spiro atoms. The van der Waals surface area contributed by atoms with E-state index < -0.39 is 6.03 Å². The van der Waals surface area contributed by atoms with E-state index in [0.717, 1.165) is 16.6 Å². The number of aryl methyl sites for hydroxylation is 1. The predicted molar refractivity (Wildman–Crippen MR) is 86.4 cm³/mol. The van der Waals surface area contributed by atoms with Crippen LogP contribution in [0.25, 0.3) is 11.0 Å². The second kappa shape index (κ2) is 5.89. The first-order valence-electron chi connectivity index (χ1n) is 7.18. The highest BCUT2D eigenvalue weighted by Crippen LogP contribution is 2.20. The number of nitrogens with zero attached hydrogens (tertiary/aromatic N) is 1. The highest BCUT2D eigenvalue weighted by molar-refractivity contribution is 5.75. The summed E-state index contributed by atoms with van der Waals surface area (Å²) in [5.41, 5.74) is 9.44. The maximum absolute atomic E-state index is 11.3. The molecule has 112 valence electrons. The molecule has 0 aliphatic carbocycles. The number of para-hydroxylation sites is 2. The third-order valence-electron chi connectivity index (χ3n) is 3.61. The summed E-state index contributed by atoms with van der Waals surface area (Å²) in [7, 11) is 0. The molecular weight excluding hydrogens is 276 g/mol. The number of carbonyl (C=O) groups excluding carboxylic acids is 1. The number of aromatic amines is 1. The van der Waals surface area contributed by atoms with E-state index in [9.17, 15) is 4.79 Å². The summed E-state index contributed by atoms with van der Waals surface area (Å²) in [6, 6.07) is 15.1. The maximum Gasteiger partial charge on any atom is 0.312 e. The van der Waals surface area contributed by atoms with Crippen LogP contribution in [0.4, 0.5) is 4.79 Å². The van der Waals surface area contributed by atoms with Crippen LogP contribution in [0, 0.1) is 6.92 Å². The van der Waals surface area contributed by atoms with Crippen molar-refractivity contribution in [3.8, 4) is 0 Å². The average molecular weight is 294 g/mol. The minimum atomic E-state index is -0.558. The molecular formula is C17H18N4O. The first-order chi connectivity index (χ1) is 10.6. The largest absolute Gasteiger partial charge is 0.352 e. The van der Waals surface area contributed by atoms with E-state index >= 15 is 0 Å². The molecule has 0 bridgehead atoms. The van der Waals surface area contributed by atoms with Crippen LogP contribution in [0.15, 0.2) is 48.5 Å². The fourth-order valence-corrected chi connectivity index (χ4v) is 2.49. The molecule has 1 heterocycles. The first-order valence-corrected chi connectivity index (χ1v) is 7.18. The van der Waals surface area contributed by atoms with Crippen LogP contribution >= 0.6 is 0 Å². The van der Waals surface area contributed by atoms with Gasteiger partial charge in [-0.25, -0.2) is 9.78 Å². The SMILES string of the molecule is Cc1ccc(CC(NC(N)=O)c2nc3ccccc3[nH]2)cc1. The number of amides is 2. The summed E-state index contributed by atoms with van der Waals surface area (Å²) in [6.45, 7) is 2.04. The normalized spacial score (nSPS) is 12.2. The quantitative estimate of drug-likeness (QED) is 0.691. The van der Waals surface area contributed by atoms with Crippen LogP contribution in [0.2, 0.25) is 0 Å². The van der Waals surface area contributed by atoms with Gasteiger partial charge in [-0.15, -0.1) is 0 Å². The number of hydrogen-bond acceptors (Lipinski definition) is 2. The van der Waals surface area contributed by atoms with Gasteiger partial charge >= 0.3 is 6.03 Å². The van der Waals surface area contributed by atoms with Crippen LogP contribution in [0.1, 0.15) is 23.0 Å². The smallest absolute Gasteiger partial charge is 0.312 e. The molecule has 1 aromatic heterocycles. The Bertz CT molecular complexity index is 759. The predicted octanol–water partition coefficient (Wildman–Crippen LogP) is 2.82. The number of H-pyrrole nitrogens is 1. The number of hydrogen-bond donors (Lipinski definition) is 3. The number of fused-ring (bicyclic) bond motifs is 1. The van der Waals surface area contributed by atoms with E-state index in [0.29, 0.717) is 12.2 Å². The number of urea groups is 1. The summed E-state index contributed by atoms with van der Waals surface area (Å²) in [5.74, 6) is 0.709. The molecule has 4 N–H and O–H groups in total. The van der Waals surface area contributed by atoms with Crippen molar-refractivity contribution < 1.29 is 4.79 Å². The van der Waals surface area contributed by atoms with Gasteiger partial charge in [0.15, 0.2) is 0 Å². The molecule has 5 nitrogen and oxygen atoms in total. The minimum Gasteiger partial charge on any atom is -0.352 e. The zero-order chi connectivity index (χ0) is 15.5. The first kappa shape index (κ1) is 14.1. The lowest BCUT2D eigenvalue weighted by atomic mass is 10.0. The Balaban J connectivity index is 1.91. The van der Waals surface area contributed by atoms with Gasteiger partial charge in [-0.1, -0.05) is 42.0 Å². The summed E-state index contributed by atoms with van der Waals surface area (Å²) in [6.07, 6.45) is 0.628. The lowest BCUT2D eigenvalue weighted by Gasteiger charge is -2.15. The van der Waals surface area contributed by atoms with E-state index in [1.807, 2.05) is 43.3 Å². The molecule has 0 saturated carbocycles. The number of primary amides is 1. The van der Waals surface area contributed by atoms with Crippen molar-refractivity contribution >= 4 is 17.1 Å². The third-order valence-corrected chi connectivity index (χ3v) is 3.61. The van der Waals surface area contributed by atoms with Crippen molar-refractivity contribution in [3.05, 3.63) is 65.5 Å². The maximum atomic E-state index is 11.3. The number of rotatable bonds is 4. The number of imidazole rings is 1. The number of carbonyl (C=O) groups is 1. The molecule has 1 atom stereocenters.